The van der Waals surface area contributed by atoms with Crippen molar-refractivity contribution in [2.75, 3.05) is 10.6 Å². The third-order valence-electron chi connectivity index (χ3n) is 2.83. The van der Waals surface area contributed by atoms with E-state index in [4.69, 9.17) is 11.6 Å². The van der Waals surface area contributed by atoms with E-state index in [0.717, 1.165) is 10.0 Å². The lowest BCUT2D eigenvalue weighted by Crippen LogP contribution is -2.13. The molecule has 2 aromatic rings. The van der Waals surface area contributed by atoms with Gasteiger partial charge in [-0.05, 0) is 42.0 Å². The van der Waals surface area contributed by atoms with Gasteiger partial charge in [0.15, 0.2) is 0 Å². The molecule has 0 aromatic heterocycles. The molecular weight excluding hydrogens is 380 g/mol. The Balaban J connectivity index is 2.13. The summed E-state index contributed by atoms with van der Waals surface area (Å²) in [5, 5.41) is 6.01. The Bertz CT molecular complexity index is 775. The molecule has 2 N–H and O–H groups in total. The number of anilines is 2. The fraction of sp³-hybridized carbons (Fsp3) is 0.0588. The average molecular weight is 394 g/mol. The van der Waals surface area contributed by atoms with E-state index in [1.54, 1.807) is 36.4 Å². The van der Waals surface area contributed by atoms with Gasteiger partial charge in [0.25, 0.3) is 0 Å². The molecule has 0 spiro atoms. The monoisotopic (exact) mass is 392 g/mol. The average Bonchev–Trinajstić information content (AvgIpc) is 2.48. The minimum Gasteiger partial charge on any atom is -0.325 e. The normalized spacial score (nSPS) is 10.6. The van der Waals surface area contributed by atoms with Crippen LogP contribution in [0.2, 0.25) is 5.02 Å². The molecule has 2 aromatic carbocycles. The van der Waals surface area contributed by atoms with Gasteiger partial charge in [0, 0.05) is 22.5 Å². The number of hydrogen-bond donors (Lipinski definition) is 2. The molecule has 0 aliphatic heterocycles. The summed E-state index contributed by atoms with van der Waals surface area (Å²) in [6.07, 6.45) is 3.07. The molecule has 0 heterocycles. The second-order valence-electron chi connectivity index (χ2n) is 4.75. The van der Waals surface area contributed by atoms with Crippen molar-refractivity contribution in [3.05, 3.63) is 63.6 Å². The topological polar surface area (TPSA) is 58.2 Å². The quantitative estimate of drug-likeness (QED) is 0.739. The van der Waals surface area contributed by atoms with Gasteiger partial charge in [0.1, 0.15) is 0 Å². The largest absolute Gasteiger partial charge is 0.325 e. The summed E-state index contributed by atoms with van der Waals surface area (Å²) in [4.78, 5) is 23.3. The van der Waals surface area contributed by atoms with Crippen molar-refractivity contribution in [1.29, 1.82) is 0 Å². The first-order valence-electron chi connectivity index (χ1n) is 6.76. The zero-order valence-corrected chi connectivity index (χ0v) is 14.6. The first kappa shape index (κ1) is 17.2. The Hall–Kier alpha value is -2.11. The van der Waals surface area contributed by atoms with Crippen molar-refractivity contribution < 1.29 is 9.59 Å². The van der Waals surface area contributed by atoms with Crippen molar-refractivity contribution in [3.63, 3.8) is 0 Å². The van der Waals surface area contributed by atoms with Crippen LogP contribution in [0.25, 0.3) is 6.08 Å². The lowest BCUT2D eigenvalue weighted by atomic mass is 10.2. The summed E-state index contributed by atoms with van der Waals surface area (Å²) in [5.41, 5.74) is 1.87. The minimum absolute atomic E-state index is 0.211. The van der Waals surface area contributed by atoms with Gasteiger partial charge in [-0.1, -0.05) is 39.7 Å². The first-order valence-corrected chi connectivity index (χ1v) is 7.93. The Morgan fingerprint density at radius 2 is 1.87 bits per heavy atom. The van der Waals surface area contributed by atoms with E-state index in [1.807, 2.05) is 12.1 Å². The molecule has 0 fully saturated rings. The van der Waals surface area contributed by atoms with Crippen LogP contribution >= 0.6 is 27.5 Å². The fourth-order valence-corrected chi connectivity index (χ4v) is 2.43. The molecule has 2 amide bonds. The number of halogens is 2. The van der Waals surface area contributed by atoms with Crippen molar-refractivity contribution in [1.82, 2.24) is 0 Å². The van der Waals surface area contributed by atoms with Crippen LogP contribution in [0.4, 0.5) is 11.4 Å². The van der Waals surface area contributed by atoms with Crippen LogP contribution < -0.4 is 10.6 Å². The third kappa shape index (κ3) is 5.54. The van der Waals surface area contributed by atoms with Crippen LogP contribution in [0, 0.1) is 0 Å². The van der Waals surface area contributed by atoms with Gasteiger partial charge in [-0.15, -0.1) is 0 Å². The molecule has 2 rings (SSSR count). The van der Waals surface area contributed by atoms with E-state index in [9.17, 15) is 9.59 Å². The Morgan fingerprint density at radius 3 is 2.57 bits per heavy atom. The van der Waals surface area contributed by atoms with Gasteiger partial charge in [0.2, 0.25) is 11.8 Å². The molecule has 0 saturated heterocycles. The molecule has 23 heavy (non-hydrogen) atoms. The lowest BCUT2D eigenvalue weighted by Gasteiger charge is -2.10. The van der Waals surface area contributed by atoms with Gasteiger partial charge >= 0.3 is 0 Å². The van der Waals surface area contributed by atoms with Gasteiger partial charge in [-0.2, -0.15) is 0 Å². The summed E-state index contributed by atoms with van der Waals surface area (Å²) in [6.45, 7) is 1.41. The summed E-state index contributed by atoms with van der Waals surface area (Å²) >= 11 is 9.24. The predicted molar refractivity (Wildman–Crippen MR) is 97.6 cm³/mol. The molecule has 6 heteroatoms. The number of nitrogens with one attached hydrogen (secondary N) is 2. The van der Waals surface area contributed by atoms with Crippen LogP contribution in [0.5, 0.6) is 0 Å². The maximum Gasteiger partial charge on any atom is 0.248 e. The fourth-order valence-electron chi connectivity index (χ4n) is 1.88. The lowest BCUT2D eigenvalue weighted by molar-refractivity contribution is -0.114. The van der Waals surface area contributed by atoms with Gasteiger partial charge < -0.3 is 10.6 Å². The second-order valence-corrected chi connectivity index (χ2v) is 6.10. The number of rotatable bonds is 4. The van der Waals surface area contributed by atoms with E-state index < -0.39 is 0 Å². The highest BCUT2D eigenvalue weighted by molar-refractivity contribution is 9.10. The number of benzene rings is 2. The number of amides is 2. The standard InChI is InChI=1S/C17H14BrClN2O2/c1-11(22)20-15-7-6-13(18)10-16(15)21-17(23)8-5-12-3-2-4-14(19)9-12/h2-10H,1H3,(H,20,22)(H,21,23)/b8-5+. The van der Waals surface area contributed by atoms with Crippen LogP contribution in [0.1, 0.15) is 12.5 Å². The Labute approximate surface area is 147 Å². The van der Waals surface area contributed by atoms with Crippen molar-refractivity contribution in [2.45, 2.75) is 6.92 Å². The van der Waals surface area contributed by atoms with Crippen LogP contribution in [-0.4, -0.2) is 11.8 Å². The zero-order chi connectivity index (χ0) is 16.8. The summed E-state index contributed by atoms with van der Waals surface area (Å²) < 4.78 is 0.792. The van der Waals surface area contributed by atoms with Crippen LogP contribution in [0.15, 0.2) is 53.0 Å². The second kappa shape index (κ2) is 7.94. The molecule has 0 radical (unpaired) electrons. The van der Waals surface area contributed by atoms with E-state index >= 15 is 0 Å². The summed E-state index contributed by atoms with van der Waals surface area (Å²) in [5.74, 6) is -0.521. The Kier molecular flexibility index (Phi) is 5.96. The number of hydrogen-bond acceptors (Lipinski definition) is 2. The number of carbonyl (C=O) groups excluding carboxylic acids is 2. The van der Waals surface area contributed by atoms with E-state index in [-0.39, 0.29) is 11.8 Å². The smallest absolute Gasteiger partial charge is 0.248 e. The molecular formula is C17H14BrClN2O2. The zero-order valence-electron chi connectivity index (χ0n) is 12.3. The highest BCUT2D eigenvalue weighted by Gasteiger charge is 2.07. The predicted octanol–water partition coefficient (Wildman–Crippen LogP) is 4.71. The SMILES string of the molecule is CC(=O)Nc1ccc(Br)cc1NC(=O)/C=C/c1cccc(Cl)c1. The third-order valence-corrected chi connectivity index (χ3v) is 3.55. The van der Waals surface area contributed by atoms with E-state index in [2.05, 4.69) is 26.6 Å². The van der Waals surface area contributed by atoms with Gasteiger partial charge in [-0.3, -0.25) is 9.59 Å². The highest BCUT2D eigenvalue weighted by atomic mass is 79.9. The van der Waals surface area contributed by atoms with Crippen molar-refractivity contribution >= 4 is 56.8 Å². The Morgan fingerprint density at radius 1 is 1.09 bits per heavy atom. The molecule has 0 unspecified atom stereocenters. The molecule has 0 saturated carbocycles. The molecule has 0 aliphatic rings. The first-order chi connectivity index (χ1) is 10.9. The van der Waals surface area contributed by atoms with Crippen molar-refractivity contribution in [2.24, 2.45) is 0 Å². The summed E-state index contributed by atoms with van der Waals surface area (Å²) in [6, 6.07) is 12.4. The van der Waals surface area contributed by atoms with Gasteiger partial charge in [-0.25, -0.2) is 0 Å². The van der Waals surface area contributed by atoms with Gasteiger partial charge in [0.05, 0.1) is 11.4 Å². The molecule has 0 bridgehead atoms. The van der Waals surface area contributed by atoms with E-state index in [1.165, 1.54) is 13.0 Å². The van der Waals surface area contributed by atoms with Crippen LogP contribution in [-0.2, 0) is 9.59 Å². The van der Waals surface area contributed by atoms with Crippen LogP contribution in [0.3, 0.4) is 0 Å². The molecule has 4 nitrogen and oxygen atoms in total. The maximum absolute atomic E-state index is 12.1. The minimum atomic E-state index is -0.310. The molecule has 118 valence electrons. The molecule has 0 aliphatic carbocycles. The number of carbonyl (C=O) groups is 2. The summed E-state index contributed by atoms with van der Waals surface area (Å²) in [7, 11) is 0. The molecule has 0 atom stereocenters. The maximum atomic E-state index is 12.1. The van der Waals surface area contributed by atoms with E-state index in [0.29, 0.717) is 16.4 Å². The van der Waals surface area contributed by atoms with Crippen molar-refractivity contribution in [3.8, 4) is 0 Å². The highest BCUT2D eigenvalue weighted by Crippen LogP contribution is 2.26.